The highest BCUT2D eigenvalue weighted by molar-refractivity contribution is 6.39. The van der Waals surface area contributed by atoms with Crippen molar-refractivity contribution >= 4 is 35.1 Å². The van der Waals surface area contributed by atoms with Gasteiger partial charge in [-0.2, -0.15) is 23.5 Å². The Labute approximate surface area is 111 Å². The highest BCUT2D eigenvalue weighted by Crippen LogP contribution is 2.38. The molecular weight excluding hydrogens is 290 g/mol. The summed E-state index contributed by atoms with van der Waals surface area (Å²) < 4.78 is 37.3. The van der Waals surface area contributed by atoms with E-state index in [-0.39, 0.29) is 22.2 Å². The monoisotopic (exact) mass is 295 g/mol. The molecule has 1 aromatic carbocycles. The lowest BCUT2D eigenvalue weighted by Crippen LogP contribution is -2.05. The van der Waals surface area contributed by atoms with Crippen LogP contribution < -0.4 is 5.43 Å². The minimum atomic E-state index is -4.52. The van der Waals surface area contributed by atoms with Crippen molar-refractivity contribution < 1.29 is 13.2 Å². The van der Waals surface area contributed by atoms with Crippen LogP contribution in [0.3, 0.4) is 0 Å². The normalized spacial score (nSPS) is 11.6. The summed E-state index contributed by atoms with van der Waals surface area (Å²) in [6.45, 7) is 0. The molecule has 0 bridgehead atoms. The van der Waals surface area contributed by atoms with Gasteiger partial charge in [-0.15, -0.1) is 0 Å². The first-order valence-electron chi connectivity index (χ1n) is 4.57. The molecule has 0 spiro atoms. The average Bonchev–Trinajstić information content (AvgIpc) is 2.25. The molecule has 0 radical (unpaired) electrons. The molecule has 8 heteroatoms. The molecule has 0 aromatic heterocycles. The van der Waals surface area contributed by atoms with Crippen molar-refractivity contribution in [1.29, 1.82) is 5.26 Å². The van der Waals surface area contributed by atoms with Gasteiger partial charge in [-0.05, 0) is 12.1 Å². The number of hydrazone groups is 1. The van der Waals surface area contributed by atoms with E-state index in [0.717, 1.165) is 12.1 Å². The fraction of sp³-hybridized carbons (Fsp3) is 0.200. The molecule has 0 aliphatic heterocycles. The summed E-state index contributed by atoms with van der Waals surface area (Å²) >= 11 is 11.3. The fourth-order valence-electron chi connectivity index (χ4n) is 1.04. The van der Waals surface area contributed by atoms with E-state index in [2.05, 4.69) is 10.5 Å². The summed E-state index contributed by atoms with van der Waals surface area (Å²) in [6.07, 6.45) is -3.22. The smallest absolute Gasteiger partial charge is 0.276 e. The van der Waals surface area contributed by atoms with Gasteiger partial charge in [0.1, 0.15) is 0 Å². The SMILES string of the molecule is N#CCC=NNc1c(Cl)cc(C(F)(F)F)cc1Cl. The summed E-state index contributed by atoms with van der Waals surface area (Å²) in [5.74, 6) is 0. The highest BCUT2D eigenvalue weighted by atomic mass is 35.5. The Morgan fingerprint density at radius 3 is 2.33 bits per heavy atom. The number of hydrogen-bond donors (Lipinski definition) is 1. The van der Waals surface area contributed by atoms with Crippen LogP contribution in [0.4, 0.5) is 18.9 Å². The van der Waals surface area contributed by atoms with Crippen molar-refractivity contribution in [3.05, 3.63) is 27.7 Å². The molecule has 3 nitrogen and oxygen atoms in total. The van der Waals surface area contributed by atoms with Crippen LogP contribution in [0.1, 0.15) is 12.0 Å². The molecule has 1 N–H and O–H groups in total. The minimum absolute atomic E-state index is 0.0560. The van der Waals surface area contributed by atoms with Crippen molar-refractivity contribution in [3.8, 4) is 6.07 Å². The van der Waals surface area contributed by atoms with Gasteiger partial charge in [-0.3, -0.25) is 5.43 Å². The number of nitrogens with one attached hydrogen (secondary N) is 1. The van der Waals surface area contributed by atoms with Crippen LogP contribution in [0.25, 0.3) is 0 Å². The van der Waals surface area contributed by atoms with Crippen LogP contribution in [0, 0.1) is 11.3 Å². The lowest BCUT2D eigenvalue weighted by Gasteiger charge is -2.11. The van der Waals surface area contributed by atoms with Crippen LogP contribution in [-0.2, 0) is 6.18 Å². The van der Waals surface area contributed by atoms with Crippen molar-refractivity contribution in [2.75, 3.05) is 5.43 Å². The zero-order valence-electron chi connectivity index (χ0n) is 8.72. The largest absolute Gasteiger partial charge is 0.416 e. The van der Waals surface area contributed by atoms with E-state index in [9.17, 15) is 13.2 Å². The zero-order valence-corrected chi connectivity index (χ0v) is 10.2. The number of halogens is 5. The Hall–Kier alpha value is -1.45. The van der Waals surface area contributed by atoms with Crippen molar-refractivity contribution in [1.82, 2.24) is 0 Å². The Morgan fingerprint density at radius 1 is 1.33 bits per heavy atom. The summed E-state index contributed by atoms with van der Waals surface area (Å²) in [5.41, 5.74) is 1.50. The van der Waals surface area contributed by atoms with Crippen molar-refractivity contribution in [3.63, 3.8) is 0 Å². The molecule has 18 heavy (non-hydrogen) atoms. The zero-order chi connectivity index (χ0) is 13.8. The number of anilines is 1. The second kappa shape index (κ2) is 5.94. The fourth-order valence-corrected chi connectivity index (χ4v) is 1.61. The third-order valence-corrected chi connectivity index (χ3v) is 2.42. The van der Waals surface area contributed by atoms with Gasteiger partial charge in [-0.25, -0.2) is 0 Å². The molecule has 1 aromatic rings. The first kappa shape index (κ1) is 14.6. The van der Waals surface area contributed by atoms with E-state index in [1.807, 2.05) is 6.07 Å². The van der Waals surface area contributed by atoms with Crippen LogP contribution in [-0.4, -0.2) is 6.21 Å². The van der Waals surface area contributed by atoms with E-state index in [1.165, 1.54) is 6.21 Å². The second-order valence-electron chi connectivity index (χ2n) is 3.10. The van der Waals surface area contributed by atoms with Gasteiger partial charge in [0.05, 0.1) is 33.8 Å². The molecule has 1 rings (SSSR count). The predicted molar refractivity (Wildman–Crippen MR) is 63.8 cm³/mol. The summed E-state index contributed by atoms with van der Waals surface area (Å²) in [7, 11) is 0. The summed E-state index contributed by atoms with van der Waals surface area (Å²) in [4.78, 5) is 0. The molecule has 0 saturated carbocycles. The first-order valence-corrected chi connectivity index (χ1v) is 5.32. The number of hydrogen-bond acceptors (Lipinski definition) is 3. The summed E-state index contributed by atoms with van der Waals surface area (Å²) in [6, 6.07) is 3.30. The molecule has 0 amide bonds. The first-order chi connectivity index (χ1) is 8.36. The van der Waals surface area contributed by atoms with Gasteiger partial charge in [-0.1, -0.05) is 23.2 Å². The maximum Gasteiger partial charge on any atom is 0.416 e. The van der Waals surface area contributed by atoms with Gasteiger partial charge in [0.15, 0.2) is 0 Å². The Balaban J connectivity index is 2.99. The highest BCUT2D eigenvalue weighted by Gasteiger charge is 2.31. The number of benzene rings is 1. The standard InChI is InChI=1S/C10H6Cl2F3N3/c11-7-4-6(10(13,14)15)5-8(12)9(7)18-17-3-1-2-16/h3-5,18H,1H2. The number of alkyl halides is 3. The third-order valence-electron chi connectivity index (χ3n) is 1.82. The Bertz CT molecular complexity index is 483. The quantitative estimate of drug-likeness (QED) is 0.667. The predicted octanol–water partition coefficient (Wildman–Crippen LogP) is 4.32. The Morgan fingerprint density at radius 2 is 1.89 bits per heavy atom. The van der Waals surface area contributed by atoms with Crippen LogP contribution in [0.2, 0.25) is 10.0 Å². The van der Waals surface area contributed by atoms with E-state index >= 15 is 0 Å². The average molecular weight is 296 g/mol. The molecule has 0 aliphatic carbocycles. The molecule has 0 aliphatic rings. The van der Waals surface area contributed by atoms with E-state index in [1.54, 1.807) is 0 Å². The van der Waals surface area contributed by atoms with Gasteiger partial charge in [0.25, 0.3) is 0 Å². The summed E-state index contributed by atoms with van der Waals surface area (Å²) in [5, 5.41) is 11.4. The molecule has 0 atom stereocenters. The van der Waals surface area contributed by atoms with Gasteiger partial charge in [0, 0.05) is 6.21 Å². The minimum Gasteiger partial charge on any atom is -0.276 e. The van der Waals surface area contributed by atoms with Gasteiger partial charge in [0.2, 0.25) is 0 Å². The molecule has 0 saturated heterocycles. The number of rotatable bonds is 3. The van der Waals surface area contributed by atoms with Crippen LogP contribution in [0.15, 0.2) is 17.2 Å². The maximum atomic E-state index is 12.4. The van der Waals surface area contributed by atoms with Gasteiger partial charge >= 0.3 is 6.18 Å². The number of nitriles is 1. The lowest BCUT2D eigenvalue weighted by atomic mass is 10.2. The van der Waals surface area contributed by atoms with Crippen molar-refractivity contribution in [2.45, 2.75) is 12.6 Å². The Kier molecular flexibility index (Phi) is 4.82. The molecule has 0 heterocycles. The van der Waals surface area contributed by atoms with E-state index in [4.69, 9.17) is 28.5 Å². The number of nitrogens with zero attached hydrogens (tertiary/aromatic N) is 2. The molecular formula is C10H6Cl2F3N3. The molecule has 96 valence electrons. The maximum absolute atomic E-state index is 12.4. The van der Waals surface area contributed by atoms with Crippen molar-refractivity contribution in [2.24, 2.45) is 5.10 Å². The lowest BCUT2D eigenvalue weighted by molar-refractivity contribution is -0.137. The topological polar surface area (TPSA) is 48.2 Å². The van der Waals surface area contributed by atoms with E-state index < -0.39 is 11.7 Å². The van der Waals surface area contributed by atoms with E-state index in [0.29, 0.717) is 0 Å². The van der Waals surface area contributed by atoms with Crippen LogP contribution >= 0.6 is 23.2 Å². The molecule has 0 unspecified atom stereocenters. The third kappa shape index (κ3) is 3.79. The van der Waals surface area contributed by atoms with Crippen LogP contribution in [0.5, 0.6) is 0 Å². The second-order valence-corrected chi connectivity index (χ2v) is 3.91. The van der Waals surface area contributed by atoms with Gasteiger partial charge < -0.3 is 0 Å². The molecule has 0 fully saturated rings.